The second-order valence-electron chi connectivity index (χ2n) is 21.8. The average Bonchev–Trinajstić information content (AvgIpc) is 3.12. The van der Waals surface area contributed by atoms with Gasteiger partial charge in [-0.05, 0) is 0 Å². The largest absolute Gasteiger partial charge is 0.180 e. The number of fused-ring (bicyclic) bond motifs is 6. The average molecular weight is 993 g/mol. The molecule has 0 N–H and O–H groups in total. The molecular weight excluding hydrogens is 922 g/mol. The number of hydrogen-bond donors (Lipinski definition) is 0. The molecule has 5 aromatic carbocycles. The van der Waals surface area contributed by atoms with Crippen molar-refractivity contribution in [2.75, 3.05) is 0 Å². The van der Waals surface area contributed by atoms with Crippen molar-refractivity contribution in [3.05, 3.63) is 106 Å². The third-order valence-electron chi connectivity index (χ3n) is 11.9. The monoisotopic (exact) mass is 992 g/mol. The maximum Gasteiger partial charge on any atom is 0.180 e. The fraction of sp³-hybridized carbons (Fsp3) is 0.491. The summed E-state index contributed by atoms with van der Waals surface area (Å²) in [5, 5.41) is 4.71. The van der Waals surface area contributed by atoms with Gasteiger partial charge >= 0.3 is 352 Å². The molecule has 0 radical (unpaired) electrons. The summed E-state index contributed by atoms with van der Waals surface area (Å²) in [7, 11) is 0. The summed E-state index contributed by atoms with van der Waals surface area (Å²) < 4.78 is 19.6. The second kappa shape index (κ2) is 17.9. The van der Waals surface area contributed by atoms with Crippen molar-refractivity contribution >= 4 is 97.3 Å². The molecule has 1 aliphatic rings. The summed E-state index contributed by atoms with van der Waals surface area (Å²) in [5.41, 5.74) is 8.51. The third-order valence-corrected chi connectivity index (χ3v) is 28.4. The number of hydrogen-bond acceptors (Lipinski definition) is 2. The summed E-state index contributed by atoms with van der Waals surface area (Å²) in [6, 6.07) is 27.8. The Kier molecular flexibility index (Phi) is 14.7. The van der Waals surface area contributed by atoms with E-state index in [9.17, 15) is 0 Å². The second-order valence-corrected chi connectivity index (χ2v) is 36.3. The van der Waals surface area contributed by atoms with Crippen LogP contribution < -0.4 is 17.2 Å². The summed E-state index contributed by atoms with van der Waals surface area (Å²) >= 11 is 9.68. The number of rotatable bonds is 5. The summed E-state index contributed by atoms with van der Waals surface area (Å²) in [6.45, 7) is 43.1. The van der Waals surface area contributed by atoms with Gasteiger partial charge in [-0.1, -0.05) is 34.8 Å². The Bertz CT molecular complexity index is 2330. The first-order chi connectivity index (χ1) is 27.5. The van der Waals surface area contributed by atoms with Crippen LogP contribution in [0.25, 0.3) is 21.5 Å². The Morgan fingerprint density at radius 1 is 0.533 bits per heavy atom. The molecule has 0 spiro atoms. The van der Waals surface area contributed by atoms with Crippen LogP contribution in [0.15, 0.2) is 72.8 Å². The van der Waals surface area contributed by atoms with E-state index in [1.54, 1.807) is 0 Å². The van der Waals surface area contributed by atoms with E-state index in [1.165, 1.54) is 56.2 Å². The molecule has 1 atom stereocenters. The van der Waals surface area contributed by atoms with Crippen LogP contribution in [0.3, 0.4) is 0 Å². The molecule has 6 rings (SSSR count). The Labute approximate surface area is 387 Å². The predicted octanol–water partition coefficient (Wildman–Crippen LogP) is 15.4. The minimum atomic E-state index is -4.11. The number of halogens is 3. The van der Waals surface area contributed by atoms with Crippen molar-refractivity contribution in [3.8, 4) is 11.5 Å². The zero-order valence-electron chi connectivity index (χ0n) is 39.6. The van der Waals surface area contributed by atoms with Crippen LogP contribution in [0.5, 0.6) is 11.5 Å². The molecule has 0 unspecified atom stereocenters. The van der Waals surface area contributed by atoms with Crippen molar-refractivity contribution < 1.29 is 8.50 Å². The van der Waals surface area contributed by atoms with Gasteiger partial charge in [-0.3, -0.25) is 0 Å². The van der Waals surface area contributed by atoms with Gasteiger partial charge < -0.3 is 0 Å². The number of ether oxygens (including phenoxy) is 1. The Balaban J connectivity index is 0.00000163. The molecule has 0 bridgehead atoms. The first kappa shape index (κ1) is 49.1. The minimum absolute atomic E-state index is 0.0228. The van der Waals surface area contributed by atoms with E-state index in [2.05, 4.69) is 197 Å². The quantitative estimate of drug-likeness (QED) is 0.0992. The minimum Gasteiger partial charge on any atom is -0.0874 e. The van der Waals surface area contributed by atoms with Crippen LogP contribution in [-0.4, -0.2) is 36.5 Å². The van der Waals surface area contributed by atoms with E-state index in [0.717, 1.165) is 22.3 Å². The van der Waals surface area contributed by atoms with Gasteiger partial charge in [-0.25, -0.2) is 0 Å². The van der Waals surface area contributed by atoms with E-state index < -0.39 is 33.2 Å². The Morgan fingerprint density at radius 3 is 1.28 bits per heavy atom. The molecule has 0 saturated carbocycles. The molecule has 0 aromatic heterocycles. The van der Waals surface area contributed by atoms with Crippen LogP contribution in [0, 0.1) is 0 Å². The Hall–Kier alpha value is -1.94. The van der Waals surface area contributed by atoms with Gasteiger partial charge in [0.25, 0.3) is 0 Å². The fourth-order valence-electron chi connectivity index (χ4n) is 8.55. The van der Waals surface area contributed by atoms with Crippen LogP contribution in [0.4, 0.5) is 0 Å². The molecular formula is C53H70AsCl3GeO2. The smallest absolute Gasteiger partial charge is 0.0874 e. The third kappa shape index (κ3) is 9.75. The normalized spacial score (nSPS) is 17.1. The van der Waals surface area contributed by atoms with E-state index in [-0.39, 0.29) is 20.5 Å². The zero-order valence-corrected chi connectivity index (χ0v) is 45.9. The van der Waals surface area contributed by atoms with Crippen molar-refractivity contribution in [1.29, 1.82) is 0 Å². The van der Waals surface area contributed by atoms with Crippen LogP contribution in [0.2, 0.25) is 4.25 Å². The van der Waals surface area contributed by atoms with Crippen molar-refractivity contribution in [2.45, 2.75) is 167 Å². The first-order valence-electron chi connectivity index (χ1n) is 21.7. The van der Waals surface area contributed by atoms with Crippen molar-refractivity contribution in [1.82, 2.24) is 0 Å². The van der Waals surface area contributed by atoms with Crippen LogP contribution in [0.1, 0.15) is 176 Å². The van der Waals surface area contributed by atoms with Crippen LogP contribution in [-0.2, 0) is 16.2 Å². The molecule has 324 valence electrons. The maximum atomic E-state index is 8.34. The molecule has 60 heavy (non-hydrogen) atoms. The zero-order chi connectivity index (χ0) is 45.1. The van der Waals surface area contributed by atoms with Gasteiger partial charge in [0.1, 0.15) is 0 Å². The molecule has 0 amide bonds. The molecule has 0 fully saturated rings. The summed E-state index contributed by atoms with van der Waals surface area (Å²) in [4.78, 5) is 0. The molecule has 5 aromatic rings. The summed E-state index contributed by atoms with van der Waals surface area (Å²) in [5.74, 6) is 2.90. The summed E-state index contributed by atoms with van der Waals surface area (Å²) in [6.07, 6.45) is 0. The maximum absolute atomic E-state index is 8.34. The van der Waals surface area contributed by atoms with E-state index in [4.69, 9.17) is 43.3 Å². The van der Waals surface area contributed by atoms with E-state index in [0.29, 0.717) is 17.8 Å². The van der Waals surface area contributed by atoms with Gasteiger partial charge in [0.2, 0.25) is 0 Å². The Morgan fingerprint density at radius 2 is 0.933 bits per heavy atom. The van der Waals surface area contributed by atoms with Gasteiger partial charge in [-0.2, -0.15) is 0 Å². The molecule has 1 aliphatic heterocycles. The van der Waals surface area contributed by atoms with Gasteiger partial charge in [-0.15, -0.1) is 0 Å². The van der Waals surface area contributed by atoms with Gasteiger partial charge in [0.15, 0.2) is 4.30 Å². The topological polar surface area (TPSA) is 18.5 Å². The molecule has 7 heteroatoms. The molecule has 0 aliphatic carbocycles. The standard InChI is InChI=1S/C52H69AsGeO2.CHCl3/c1-31(2)34-27-40(32(3)4)45(41(28-34)33(5)6)54(52(16,17)18)48(53-44-42(50(10,11)12)29-35(49(7,8)9)30-43(44)51(13,14)15)55-46-38-25-21-19-23-36(38)37-24-20-22-26-39(37)47(46)56-54;2-1(3)4/h19-33H,1-18H3;1H/t54-;/m0./s1. The van der Waals surface area contributed by atoms with Gasteiger partial charge in [0, 0.05) is 0 Å². The van der Waals surface area contributed by atoms with Crippen molar-refractivity contribution in [2.24, 2.45) is 0 Å². The fourth-order valence-corrected chi connectivity index (χ4v) is 29.3. The van der Waals surface area contributed by atoms with E-state index in [1.807, 2.05) is 0 Å². The number of benzene rings is 5. The predicted molar refractivity (Wildman–Crippen MR) is 271 cm³/mol. The SMILES string of the molecule is CC(C)c1cc(C(C)C)[c]([Ge@]2([C](C)(C)C)[O]c3c(c4ccccc4c4ccccc34)O[C]2=[As]c2c(C(C)(C)C)cc(C(C)(C)C)cc2C(C)(C)C)c(C(C)C)c1.ClC(Cl)Cl. The van der Waals surface area contributed by atoms with Gasteiger partial charge in [0.05, 0.1) is 0 Å². The number of alkyl halides is 3. The van der Waals surface area contributed by atoms with Crippen LogP contribution >= 0.6 is 34.8 Å². The molecule has 1 heterocycles. The first-order valence-corrected chi connectivity index (χ1v) is 28.9. The van der Waals surface area contributed by atoms with E-state index >= 15 is 0 Å². The van der Waals surface area contributed by atoms with Crippen molar-refractivity contribution in [3.63, 3.8) is 0 Å². The molecule has 0 saturated heterocycles. The molecule has 2 nitrogen and oxygen atoms in total.